The molecular weight excluding hydrogens is 320 g/mol. The van der Waals surface area contributed by atoms with Crippen LogP contribution in [0.15, 0.2) is 28.7 Å². The Labute approximate surface area is 147 Å². The minimum Gasteiger partial charge on any atom is -0.484 e. The molecule has 0 radical (unpaired) electrons. The molecule has 0 saturated carbocycles. The number of carbonyl (C=O) groups is 1. The van der Waals surface area contributed by atoms with Crippen molar-refractivity contribution in [2.24, 2.45) is 0 Å². The van der Waals surface area contributed by atoms with Crippen LogP contribution in [-0.4, -0.2) is 40.1 Å². The van der Waals surface area contributed by atoms with Crippen LogP contribution in [0.3, 0.4) is 0 Å². The van der Waals surface area contributed by atoms with E-state index in [4.69, 9.17) is 9.15 Å². The zero-order valence-corrected chi connectivity index (χ0v) is 14.7. The molecule has 0 aliphatic carbocycles. The SMILES string of the molecule is CCN1CCCCC1C(=O)Nc1ccc(OCc2nnc(C)o2)cc1. The molecule has 134 valence electrons. The maximum absolute atomic E-state index is 12.5. The molecule has 1 aromatic carbocycles. The van der Waals surface area contributed by atoms with Crippen molar-refractivity contribution >= 4 is 11.6 Å². The van der Waals surface area contributed by atoms with Gasteiger partial charge in [-0.1, -0.05) is 13.3 Å². The third-order valence-corrected chi connectivity index (χ3v) is 4.37. The maximum atomic E-state index is 12.5. The van der Waals surface area contributed by atoms with Crippen molar-refractivity contribution in [2.75, 3.05) is 18.4 Å². The van der Waals surface area contributed by atoms with Crippen molar-refractivity contribution in [1.29, 1.82) is 0 Å². The average Bonchev–Trinajstić information content (AvgIpc) is 3.06. The number of benzene rings is 1. The van der Waals surface area contributed by atoms with E-state index in [1.165, 1.54) is 6.42 Å². The zero-order valence-electron chi connectivity index (χ0n) is 14.7. The Morgan fingerprint density at radius 1 is 1.32 bits per heavy atom. The van der Waals surface area contributed by atoms with Crippen molar-refractivity contribution in [3.05, 3.63) is 36.0 Å². The van der Waals surface area contributed by atoms with Gasteiger partial charge in [0.1, 0.15) is 5.75 Å². The molecule has 1 N–H and O–H groups in total. The van der Waals surface area contributed by atoms with Gasteiger partial charge in [-0.2, -0.15) is 0 Å². The number of aromatic nitrogens is 2. The summed E-state index contributed by atoms with van der Waals surface area (Å²) in [6, 6.07) is 7.28. The number of hydrogen-bond donors (Lipinski definition) is 1. The summed E-state index contributed by atoms with van der Waals surface area (Å²) >= 11 is 0. The minimum atomic E-state index is -0.0320. The summed E-state index contributed by atoms with van der Waals surface area (Å²) in [6.07, 6.45) is 3.20. The van der Waals surface area contributed by atoms with Crippen LogP contribution in [0.25, 0.3) is 0 Å². The van der Waals surface area contributed by atoms with E-state index in [1.54, 1.807) is 6.92 Å². The summed E-state index contributed by atoms with van der Waals surface area (Å²) in [4.78, 5) is 14.8. The van der Waals surface area contributed by atoms with Gasteiger partial charge >= 0.3 is 0 Å². The van der Waals surface area contributed by atoms with Crippen molar-refractivity contribution < 1.29 is 13.9 Å². The number of rotatable bonds is 6. The van der Waals surface area contributed by atoms with Gasteiger partial charge in [0.15, 0.2) is 6.61 Å². The summed E-state index contributed by atoms with van der Waals surface area (Å²) in [5.74, 6) is 1.70. The molecule has 1 unspecified atom stereocenters. The number of carbonyl (C=O) groups excluding carboxylic acids is 1. The first-order valence-corrected chi connectivity index (χ1v) is 8.72. The summed E-state index contributed by atoms with van der Waals surface area (Å²) in [7, 11) is 0. The lowest BCUT2D eigenvalue weighted by Gasteiger charge is -2.33. The second kappa shape index (κ2) is 8.11. The van der Waals surface area contributed by atoms with E-state index in [9.17, 15) is 4.79 Å². The standard InChI is InChI=1S/C18H24N4O3/c1-3-22-11-5-4-6-16(22)18(23)19-14-7-9-15(10-8-14)24-12-17-21-20-13(2)25-17/h7-10,16H,3-6,11-12H2,1-2H3,(H,19,23). The van der Waals surface area contributed by atoms with E-state index >= 15 is 0 Å². The highest BCUT2D eigenvalue weighted by molar-refractivity contribution is 5.94. The molecule has 3 rings (SSSR count). The van der Waals surface area contributed by atoms with Crippen molar-refractivity contribution in [3.8, 4) is 5.75 Å². The number of hydrogen-bond acceptors (Lipinski definition) is 6. The van der Waals surface area contributed by atoms with Crippen molar-refractivity contribution in [3.63, 3.8) is 0 Å². The third-order valence-electron chi connectivity index (χ3n) is 4.37. The predicted octanol–water partition coefficient (Wildman–Crippen LogP) is 2.77. The summed E-state index contributed by atoms with van der Waals surface area (Å²) in [5.41, 5.74) is 0.771. The number of aryl methyl sites for hydroxylation is 1. The quantitative estimate of drug-likeness (QED) is 0.868. The lowest BCUT2D eigenvalue weighted by molar-refractivity contribution is -0.122. The summed E-state index contributed by atoms with van der Waals surface area (Å²) < 4.78 is 10.9. The zero-order chi connectivity index (χ0) is 17.6. The van der Waals surface area contributed by atoms with E-state index in [-0.39, 0.29) is 18.6 Å². The first-order valence-electron chi connectivity index (χ1n) is 8.72. The van der Waals surface area contributed by atoms with Gasteiger partial charge in [-0.15, -0.1) is 10.2 Å². The predicted molar refractivity (Wildman–Crippen MR) is 93.3 cm³/mol. The number of amides is 1. The monoisotopic (exact) mass is 344 g/mol. The molecule has 7 nitrogen and oxygen atoms in total. The van der Waals surface area contributed by atoms with E-state index < -0.39 is 0 Å². The first kappa shape index (κ1) is 17.4. The van der Waals surface area contributed by atoms with Gasteiger partial charge in [0.25, 0.3) is 5.89 Å². The number of anilines is 1. The minimum absolute atomic E-state index is 0.0320. The van der Waals surface area contributed by atoms with E-state index in [0.717, 1.165) is 31.6 Å². The van der Waals surface area contributed by atoms with Crippen LogP contribution in [0.5, 0.6) is 5.75 Å². The molecule has 0 spiro atoms. The van der Waals surface area contributed by atoms with Gasteiger partial charge in [0.2, 0.25) is 11.8 Å². The molecule has 1 amide bonds. The molecule has 2 aromatic rings. The molecule has 1 aliphatic heterocycles. The molecule has 7 heteroatoms. The molecule has 2 heterocycles. The number of ether oxygens (including phenoxy) is 1. The van der Waals surface area contributed by atoms with E-state index in [2.05, 4.69) is 27.3 Å². The molecule has 1 aliphatic rings. The van der Waals surface area contributed by atoms with Gasteiger partial charge in [-0.25, -0.2) is 0 Å². The van der Waals surface area contributed by atoms with Crippen molar-refractivity contribution in [1.82, 2.24) is 15.1 Å². The second-order valence-electron chi connectivity index (χ2n) is 6.16. The van der Waals surface area contributed by atoms with Crippen LogP contribution in [0.1, 0.15) is 38.0 Å². The normalized spacial score (nSPS) is 18.1. The van der Waals surface area contributed by atoms with E-state index in [1.807, 2.05) is 24.3 Å². The van der Waals surface area contributed by atoms with Crippen LogP contribution in [-0.2, 0) is 11.4 Å². The largest absolute Gasteiger partial charge is 0.484 e. The Morgan fingerprint density at radius 2 is 2.12 bits per heavy atom. The van der Waals surface area contributed by atoms with Gasteiger partial charge in [0.05, 0.1) is 6.04 Å². The average molecular weight is 344 g/mol. The molecule has 1 aromatic heterocycles. The lowest BCUT2D eigenvalue weighted by atomic mass is 10.0. The van der Waals surface area contributed by atoms with Crippen LogP contribution >= 0.6 is 0 Å². The second-order valence-corrected chi connectivity index (χ2v) is 6.16. The number of nitrogens with one attached hydrogen (secondary N) is 1. The highest BCUT2D eigenvalue weighted by atomic mass is 16.5. The van der Waals surface area contributed by atoms with Gasteiger partial charge in [-0.3, -0.25) is 9.69 Å². The Bertz CT molecular complexity index is 699. The molecular formula is C18H24N4O3. The van der Waals surface area contributed by atoms with Gasteiger partial charge in [-0.05, 0) is 50.2 Å². The number of likely N-dealkylation sites (tertiary alicyclic amines) is 1. The van der Waals surface area contributed by atoms with Crippen LogP contribution < -0.4 is 10.1 Å². The molecule has 1 fully saturated rings. The Hall–Kier alpha value is -2.41. The van der Waals surface area contributed by atoms with Gasteiger partial charge in [0, 0.05) is 12.6 Å². The Kier molecular flexibility index (Phi) is 5.65. The van der Waals surface area contributed by atoms with Crippen LogP contribution in [0, 0.1) is 6.92 Å². The first-order chi connectivity index (χ1) is 12.2. The maximum Gasteiger partial charge on any atom is 0.253 e. The fourth-order valence-corrected chi connectivity index (χ4v) is 3.07. The molecule has 1 atom stereocenters. The van der Waals surface area contributed by atoms with Crippen LogP contribution in [0.4, 0.5) is 5.69 Å². The Morgan fingerprint density at radius 3 is 2.80 bits per heavy atom. The molecule has 1 saturated heterocycles. The third kappa shape index (κ3) is 4.57. The number of likely N-dealkylation sites (N-methyl/N-ethyl adjacent to an activating group) is 1. The highest BCUT2D eigenvalue weighted by Crippen LogP contribution is 2.20. The van der Waals surface area contributed by atoms with Crippen molar-refractivity contribution in [2.45, 2.75) is 45.8 Å². The number of nitrogens with zero attached hydrogens (tertiary/aromatic N) is 3. The summed E-state index contributed by atoms with van der Waals surface area (Å²) in [5, 5.41) is 10.6. The molecule has 0 bridgehead atoms. The highest BCUT2D eigenvalue weighted by Gasteiger charge is 2.27. The lowest BCUT2D eigenvalue weighted by Crippen LogP contribution is -2.46. The Balaban J connectivity index is 1.54. The fourth-order valence-electron chi connectivity index (χ4n) is 3.07. The summed E-state index contributed by atoms with van der Waals surface area (Å²) in [6.45, 7) is 5.96. The molecule has 25 heavy (non-hydrogen) atoms. The fraction of sp³-hybridized carbons (Fsp3) is 0.500. The topological polar surface area (TPSA) is 80.5 Å². The van der Waals surface area contributed by atoms with Crippen LogP contribution in [0.2, 0.25) is 0 Å². The smallest absolute Gasteiger partial charge is 0.253 e. The van der Waals surface area contributed by atoms with Gasteiger partial charge < -0.3 is 14.5 Å². The number of piperidine rings is 1. The van der Waals surface area contributed by atoms with E-state index in [0.29, 0.717) is 17.5 Å².